The number of rotatable bonds is 7. The molecular formula is C24H29ClN2O5. The van der Waals surface area contributed by atoms with Crippen molar-refractivity contribution in [1.29, 1.82) is 0 Å². The molecule has 2 amide bonds. The van der Waals surface area contributed by atoms with Gasteiger partial charge in [-0.15, -0.1) is 0 Å². The van der Waals surface area contributed by atoms with Gasteiger partial charge >= 0.3 is 12.0 Å². The first-order valence-corrected chi connectivity index (χ1v) is 11.1. The largest absolute Gasteiger partial charge is 0.490 e. The van der Waals surface area contributed by atoms with Gasteiger partial charge in [0, 0.05) is 17.3 Å². The van der Waals surface area contributed by atoms with Crippen LogP contribution in [0.3, 0.4) is 0 Å². The number of carbonyl (C=O) groups excluding carboxylic acids is 2. The van der Waals surface area contributed by atoms with Gasteiger partial charge in [0.2, 0.25) is 0 Å². The van der Waals surface area contributed by atoms with Crippen LogP contribution in [-0.4, -0.2) is 43.8 Å². The molecule has 0 saturated carbocycles. The first kappa shape index (κ1) is 23.7. The van der Waals surface area contributed by atoms with Crippen LogP contribution in [0.1, 0.15) is 43.0 Å². The molecule has 1 aliphatic heterocycles. The van der Waals surface area contributed by atoms with Gasteiger partial charge in [0.05, 0.1) is 32.8 Å². The van der Waals surface area contributed by atoms with E-state index in [1.807, 2.05) is 39.0 Å². The normalized spacial score (nSPS) is 15.0. The Hall–Kier alpha value is -2.93. The van der Waals surface area contributed by atoms with Gasteiger partial charge < -0.3 is 24.4 Å². The minimum Gasteiger partial charge on any atom is -0.490 e. The lowest BCUT2D eigenvalue weighted by Crippen LogP contribution is -2.43. The van der Waals surface area contributed by atoms with E-state index in [-0.39, 0.29) is 12.5 Å². The number of halogens is 1. The van der Waals surface area contributed by atoms with Gasteiger partial charge in [0.1, 0.15) is 0 Å². The molecule has 2 aromatic carbocycles. The fraction of sp³-hybridized carbons (Fsp3) is 0.417. The Kier molecular flexibility index (Phi) is 7.85. The van der Waals surface area contributed by atoms with Crippen molar-refractivity contribution in [2.24, 2.45) is 0 Å². The molecule has 0 aromatic heterocycles. The van der Waals surface area contributed by atoms with Gasteiger partial charge in [0.15, 0.2) is 11.5 Å². The summed E-state index contributed by atoms with van der Waals surface area (Å²) in [6, 6.07) is 8.37. The van der Waals surface area contributed by atoms with E-state index in [9.17, 15) is 9.59 Å². The van der Waals surface area contributed by atoms with Gasteiger partial charge in [0.25, 0.3) is 0 Å². The van der Waals surface area contributed by atoms with Crippen molar-refractivity contribution in [2.45, 2.75) is 39.7 Å². The summed E-state index contributed by atoms with van der Waals surface area (Å²) in [6.45, 7) is 7.14. The van der Waals surface area contributed by atoms with Gasteiger partial charge in [-0.2, -0.15) is 0 Å². The van der Waals surface area contributed by atoms with Crippen molar-refractivity contribution in [3.63, 3.8) is 0 Å². The van der Waals surface area contributed by atoms with E-state index in [2.05, 4.69) is 5.32 Å². The molecule has 0 spiro atoms. The molecule has 0 aliphatic carbocycles. The lowest BCUT2D eigenvalue weighted by molar-refractivity contribution is -0.141. The van der Waals surface area contributed by atoms with Gasteiger partial charge in [-0.05, 0) is 68.1 Å². The summed E-state index contributed by atoms with van der Waals surface area (Å²) in [7, 11) is 1.34. The van der Waals surface area contributed by atoms with E-state index >= 15 is 0 Å². The molecule has 1 N–H and O–H groups in total. The Bertz CT molecular complexity index is 995. The average molecular weight is 461 g/mol. The molecule has 0 radical (unpaired) electrons. The van der Waals surface area contributed by atoms with Crippen LogP contribution in [0, 0.1) is 6.92 Å². The Balaban J connectivity index is 1.95. The third-order valence-corrected chi connectivity index (χ3v) is 5.84. The van der Waals surface area contributed by atoms with E-state index in [0.29, 0.717) is 48.4 Å². The fourth-order valence-electron chi connectivity index (χ4n) is 3.82. The maximum absolute atomic E-state index is 13.2. The third kappa shape index (κ3) is 5.27. The van der Waals surface area contributed by atoms with Gasteiger partial charge in [-0.25, -0.2) is 4.79 Å². The molecule has 1 heterocycles. The van der Waals surface area contributed by atoms with Crippen LogP contribution in [-0.2, 0) is 16.0 Å². The van der Waals surface area contributed by atoms with Crippen molar-refractivity contribution >= 4 is 29.3 Å². The standard InChI is InChI=1S/C24H29ClN2O5/c1-5-31-21-11-16-9-10-27(24(29)26-17-8-7-15(3)19(25)12-17)20(14-23(28)30-4)18(16)13-22(21)32-6-2/h7-8,11-13,20H,5-6,9-10,14H2,1-4H3,(H,26,29)/t20-/m1/s1. The smallest absolute Gasteiger partial charge is 0.322 e. The van der Waals surface area contributed by atoms with Crippen LogP contribution in [0.15, 0.2) is 30.3 Å². The molecule has 3 rings (SSSR count). The van der Waals surface area contributed by atoms with E-state index in [4.69, 9.17) is 25.8 Å². The van der Waals surface area contributed by atoms with Crippen molar-refractivity contribution in [3.05, 3.63) is 52.0 Å². The monoisotopic (exact) mass is 460 g/mol. The SMILES string of the molecule is CCOc1cc2c(cc1OCC)[C@@H](CC(=O)OC)N(C(=O)Nc1ccc(C)c(Cl)c1)CC2. The number of fused-ring (bicyclic) bond motifs is 1. The highest BCUT2D eigenvalue weighted by molar-refractivity contribution is 6.31. The summed E-state index contributed by atoms with van der Waals surface area (Å²) in [5.41, 5.74) is 3.39. The van der Waals surface area contributed by atoms with Crippen LogP contribution in [0.4, 0.5) is 10.5 Å². The number of benzene rings is 2. The number of amides is 2. The second-order valence-corrected chi connectivity index (χ2v) is 7.90. The Morgan fingerprint density at radius 2 is 1.81 bits per heavy atom. The van der Waals surface area contributed by atoms with Gasteiger partial charge in [-0.3, -0.25) is 4.79 Å². The number of carbonyl (C=O) groups is 2. The molecule has 172 valence electrons. The molecule has 0 unspecified atom stereocenters. The maximum Gasteiger partial charge on any atom is 0.322 e. The fourth-order valence-corrected chi connectivity index (χ4v) is 4.00. The highest BCUT2D eigenvalue weighted by Gasteiger charge is 2.34. The predicted octanol–water partition coefficient (Wildman–Crippen LogP) is 5.14. The zero-order valence-electron chi connectivity index (χ0n) is 18.9. The van der Waals surface area contributed by atoms with Crippen molar-refractivity contribution in [2.75, 3.05) is 32.2 Å². The molecule has 1 atom stereocenters. The van der Waals surface area contributed by atoms with E-state index < -0.39 is 12.0 Å². The van der Waals surface area contributed by atoms with Crippen LogP contribution < -0.4 is 14.8 Å². The molecule has 1 aliphatic rings. The highest BCUT2D eigenvalue weighted by atomic mass is 35.5. The number of hydrogen-bond donors (Lipinski definition) is 1. The maximum atomic E-state index is 13.2. The van der Waals surface area contributed by atoms with Crippen LogP contribution >= 0.6 is 11.6 Å². The van der Waals surface area contributed by atoms with Gasteiger partial charge in [-0.1, -0.05) is 17.7 Å². The Morgan fingerprint density at radius 3 is 2.44 bits per heavy atom. The van der Waals surface area contributed by atoms with Crippen LogP contribution in [0.5, 0.6) is 11.5 Å². The van der Waals surface area contributed by atoms with E-state index in [0.717, 1.165) is 16.7 Å². The van der Waals surface area contributed by atoms with Crippen molar-refractivity contribution in [1.82, 2.24) is 4.90 Å². The number of urea groups is 1. The number of nitrogens with zero attached hydrogens (tertiary/aromatic N) is 1. The summed E-state index contributed by atoms with van der Waals surface area (Å²) in [5.74, 6) is 0.860. The summed E-state index contributed by atoms with van der Waals surface area (Å²) >= 11 is 6.20. The molecule has 0 bridgehead atoms. The van der Waals surface area contributed by atoms with E-state index in [1.54, 1.807) is 17.0 Å². The number of methoxy groups -OCH3 is 1. The number of esters is 1. The first-order chi connectivity index (χ1) is 15.4. The molecule has 8 heteroatoms. The number of hydrogen-bond acceptors (Lipinski definition) is 5. The first-order valence-electron chi connectivity index (χ1n) is 10.7. The summed E-state index contributed by atoms with van der Waals surface area (Å²) in [5, 5.41) is 3.47. The lowest BCUT2D eigenvalue weighted by Gasteiger charge is -2.37. The minimum atomic E-state index is -0.498. The quantitative estimate of drug-likeness (QED) is 0.579. The third-order valence-electron chi connectivity index (χ3n) is 5.43. The molecule has 32 heavy (non-hydrogen) atoms. The molecular weight excluding hydrogens is 432 g/mol. The topological polar surface area (TPSA) is 77.1 Å². The zero-order valence-corrected chi connectivity index (χ0v) is 19.6. The summed E-state index contributed by atoms with van der Waals surface area (Å²) in [4.78, 5) is 27.1. The highest BCUT2D eigenvalue weighted by Crippen LogP contribution is 2.40. The van der Waals surface area contributed by atoms with E-state index in [1.165, 1.54) is 7.11 Å². The molecule has 2 aromatic rings. The average Bonchev–Trinajstić information content (AvgIpc) is 2.77. The molecule has 7 nitrogen and oxygen atoms in total. The Morgan fingerprint density at radius 1 is 1.12 bits per heavy atom. The number of nitrogens with one attached hydrogen (secondary N) is 1. The second-order valence-electron chi connectivity index (χ2n) is 7.50. The lowest BCUT2D eigenvalue weighted by atomic mass is 9.90. The van der Waals surface area contributed by atoms with Crippen LogP contribution in [0.25, 0.3) is 0 Å². The molecule has 0 saturated heterocycles. The zero-order chi connectivity index (χ0) is 23.3. The molecule has 0 fully saturated rings. The number of aryl methyl sites for hydroxylation is 1. The number of ether oxygens (including phenoxy) is 3. The summed E-state index contributed by atoms with van der Waals surface area (Å²) < 4.78 is 16.4. The Labute approximate surface area is 193 Å². The van der Waals surface area contributed by atoms with Crippen LogP contribution in [0.2, 0.25) is 5.02 Å². The van der Waals surface area contributed by atoms with Crippen molar-refractivity contribution in [3.8, 4) is 11.5 Å². The minimum absolute atomic E-state index is 0.0329. The number of anilines is 1. The predicted molar refractivity (Wildman–Crippen MR) is 124 cm³/mol. The second kappa shape index (κ2) is 10.6. The summed E-state index contributed by atoms with van der Waals surface area (Å²) in [6.07, 6.45) is 0.659. The van der Waals surface area contributed by atoms with Crippen molar-refractivity contribution < 1.29 is 23.8 Å².